The first-order valence-electron chi connectivity index (χ1n) is 5.65. The Kier molecular flexibility index (Phi) is 8.91. The monoisotopic (exact) mass is 266 g/mol. The molecule has 0 aromatic carbocycles. The van der Waals surface area contributed by atoms with E-state index in [9.17, 15) is 14.3 Å². The predicted molar refractivity (Wildman–Crippen MR) is 68.1 cm³/mol. The van der Waals surface area contributed by atoms with Gasteiger partial charge in [0.15, 0.2) is 0 Å². The molecule has 0 aromatic rings. The van der Waals surface area contributed by atoms with Gasteiger partial charge in [-0.3, -0.25) is 9.36 Å². The second kappa shape index (κ2) is 8.98. The molecule has 1 N–H and O–H groups in total. The number of carbonyl (C=O) groups is 1. The van der Waals surface area contributed by atoms with E-state index in [4.69, 9.17) is 11.6 Å². The van der Waals surface area contributed by atoms with E-state index in [-0.39, 0.29) is 12.6 Å². The Morgan fingerprint density at radius 3 is 2.62 bits per heavy atom. The summed E-state index contributed by atoms with van der Waals surface area (Å²) in [7, 11) is -3.29. The number of halogens is 1. The summed E-state index contributed by atoms with van der Waals surface area (Å²) in [5.41, 5.74) is 0. The lowest BCUT2D eigenvalue weighted by molar-refractivity contribution is -0.111. The highest BCUT2D eigenvalue weighted by molar-refractivity contribution is 7.61. The van der Waals surface area contributed by atoms with Crippen LogP contribution in [-0.4, -0.2) is 16.3 Å². The molecule has 0 bridgehead atoms. The molecule has 16 heavy (non-hydrogen) atoms. The van der Waals surface area contributed by atoms with Crippen LogP contribution in [0.2, 0.25) is 0 Å². The minimum absolute atomic E-state index is 0.0461. The fourth-order valence-electron chi connectivity index (χ4n) is 1.25. The van der Waals surface area contributed by atoms with Crippen LogP contribution >= 0.6 is 19.0 Å². The smallest absolute Gasteiger partial charge is 0.222 e. The van der Waals surface area contributed by atoms with Gasteiger partial charge >= 0.3 is 0 Å². The van der Waals surface area contributed by atoms with Gasteiger partial charge in [0.25, 0.3) is 0 Å². The molecule has 0 amide bonds. The highest BCUT2D eigenvalue weighted by atomic mass is 35.5. The largest absolute Gasteiger partial charge is 0.341 e. The minimum atomic E-state index is -3.29. The molecule has 94 valence electrons. The van der Waals surface area contributed by atoms with Gasteiger partial charge in [-0.25, -0.2) is 0 Å². The van der Waals surface area contributed by atoms with Crippen molar-refractivity contribution >= 4 is 24.2 Å². The Morgan fingerprint density at radius 1 is 1.38 bits per heavy atom. The van der Waals surface area contributed by atoms with E-state index in [2.05, 4.69) is 6.92 Å². The first-order valence-corrected chi connectivity index (χ1v) is 7.94. The van der Waals surface area contributed by atoms with Gasteiger partial charge in [0, 0.05) is 12.6 Å². The first-order chi connectivity index (χ1) is 7.48. The second-order valence-corrected chi connectivity index (χ2v) is 6.50. The Bertz CT molecular complexity index is 276. The summed E-state index contributed by atoms with van der Waals surface area (Å²) in [6, 6.07) is 0. The molecule has 0 spiro atoms. The van der Waals surface area contributed by atoms with Gasteiger partial charge in [0.2, 0.25) is 12.6 Å². The van der Waals surface area contributed by atoms with Crippen LogP contribution < -0.4 is 0 Å². The maximum Gasteiger partial charge on any atom is 0.222 e. The third-order valence-corrected chi connectivity index (χ3v) is 3.92. The Labute approximate surface area is 102 Å². The molecule has 0 aliphatic carbocycles. The van der Waals surface area contributed by atoms with Crippen molar-refractivity contribution in [2.24, 2.45) is 0 Å². The number of rotatable bonds is 9. The Morgan fingerprint density at radius 2 is 2.06 bits per heavy atom. The van der Waals surface area contributed by atoms with E-state index >= 15 is 0 Å². The number of unbranched alkanes of at least 4 members (excludes halogenated alkanes) is 4. The van der Waals surface area contributed by atoms with Gasteiger partial charge in [0.05, 0.1) is 0 Å². The maximum atomic E-state index is 11.5. The van der Waals surface area contributed by atoms with E-state index in [1.807, 2.05) is 0 Å². The van der Waals surface area contributed by atoms with Crippen LogP contribution in [0.1, 0.15) is 45.4 Å². The second-order valence-electron chi connectivity index (χ2n) is 3.82. The van der Waals surface area contributed by atoms with Crippen molar-refractivity contribution in [2.45, 2.75) is 45.4 Å². The molecule has 1 atom stereocenters. The molecule has 0 saturated heterocycles. The lowest BCUT2D eigenvalue weighted by Gasteiger charge is -2.03. The number of carbonyl (C=O) groups excluding carboxylic acids is 1. The normalized spacial score (nSPS) is 15.2. The summed E-state index contributed by atoms with van der Waals surface area (Å²) in [5.74, 6) is 1.33. The van der Waals surface area contributed by atoms with Crippen LogP contribution in [0.15, 0.2) is 11.9 Å². The molecule has 0 aliphatic heterocycles. The fourth-order valence-corrected chi connectivity index (χ4v) is 2.63. The summed E-state index contributed by atoms with van der Waals surface area (Å²) in [4.78, 5) is 19.9. The van der Waals surface area contributed by atoms with Gasteiger partial charge in [0.1, 0.15) is 0 Å². The third kappa shape index (κ3) is 10.4. The van der Waals surface area contributed by atoms with Crippen molar-refractivity contribution in [2.75, 3.05) is 6.16 Å². The highest BCUT2D eigenvalue weighted by Crippen LogP contribution is 2.43. The lowest BCUT2D eigenvalue weighted by atomic mass is 10.2. The predicted octanol–water partition coefficient (Wildman–Crippen LogP) is 3.90. The summed E-state index contributed by atoms with van der Waals surface area (Å²) in [6.45, 7) is 2.14. The van der Waals surface area contributed by atoms with Gasteiger partial charge in [-0.2, -0.15) is 0 Å². The molecular weight excluding hydrogens is 247 g/mol. The van der Waals surface area contributed by atoms with Crippen molar-refractivity contribution in [1.29, 1.82) is 0 Å². The van der Waals surface area contributed by atoms with Gasteiger partial charge in [-0.15, -0.1) is 0 Å². The maximum absolute atomic E-state index is 11.5. The zero-order valence-corrected chi connectivity index (χ0v) is 11.3. The quantitative estimate of drug-likeness (QED) is 0.391. The van der Waals surface area contributed by atoms with E-state index in [1.165, 1.54) is 18.7 Å². The molecule has 0 rings (SSSR count). The number of allylic oxidation sites excluding steroid dienone is 1. The van der Waals surface area contributed by atoms with Crippen molar-refractivity contribution in [3.05, 3.63) is 11.9 Å². The Hall–Kier alpha value is -0.110. The van der Waals surface area contributed by atoms with Crippen molar-refractivity contribution < 1.29 is 14.3 Å². The van der Waals surface area contributed by atoms with Crippen LogP contribution in [0, 0.1) is 0 Å². The van der Waals surface area contributed by atoms with E-state index < -0.39 is 12.6 Å². The van der Waals surface area contributed by atoms with Crippen LogP contribution in [0.3, 0.4) is 0 Å². The van der Waals surface area contributed by atoms with E-state index in [0.29, 0.717) is 0 Å². The van der Waals surface area contributed by atoms with Crippen LogP contribution in [0.25, 0.3) is 0 Å². The van der Waals surface area contributed by atoms with Gasteiger partial charge in [-0.05, 0) is 30.3 Å². The number of hydrogen-bond acceptors (Lipinski definition) is 2. The summed E-state index contributed by atoms with van der Waals surface area (Å²) < 4.78 is 11.5. The van der Waals surface area contributed by atoms with E-state index in [0.717, 1.165) is 19.3 Å². The van der Waals surface area contributed by atoms with Crippen molar-refractivity contribution in [3.8, 4) is 0 Å². The summed E-state index contributed by atoms with van der Waals surface area (Å²) in [6.07, 6.45) is 7.02. The van der Waals surface area contributed by atoms with Gasteiger partial charge in [-0.1, -0.05) is 32.3 Å². The molecule has 0 aromatic heterocycles. The average Bonchev–Trinajstić information content (AvgIpc) is 2.21. The van der Waals surface area contributed by atoms with Crippen LogP contribution in [0.4, 0.5) is 0 Å². The SMILES string of the molecule is CCCCCCC=CP(=O)(O)CCC(=O)Cl. The number of hydrogen-bond donors (Lipinski definition) is 1. The third-order valence-electron chi connectivity index (χ3n) is 2.19. The standard InChI is InChI=1S/C11H20ClO3P/c1-2-3-4-5-6-7-9-16(14,15)10-8-11(12)13/h7,9H,2-6,8,10H2,1H3,(H,14,15). The molecule has 1 unspecified atom stereocenters. The average molecular weight is 267 g/mol. The van der Waals surface area contributed by atoms with Crippen LogP contribution in [0.5, 0.6) is 0 Å². The Balaban J connectivity index is 3.74. The zero-order chi connectivity index (χ0) is 12.4. The molecular formula is C11H20ClO3P. The van der Waals surface area contributed by atoms with Gasteiger partial charge < -0.3 is 4.89 Å². The molecule has 5 heteroatoms. The molecule has 0 heterocycles. The topological polar surface area (TPSA) is 54.4 Å². The lowest BCUT2D eigenvalue weighted by Crippen LogP contribution is -1.92. The summed E-state index contributed by atoms with van der Waals surface area (Å²) >= 11 is 5.11. The van der Waals surface area contributed by atoms with Crippen LogP contribution in [-0.2, 0) is 9.36 Å². The molecule has 0 aliphatic rings. The molecule has 0 fully saturated rings. The van der Waals surface area contributed by atoms with Crippen molar-refractivity contribution in [3.63, 3.8) is 0 Å². The molecule has 3 nitrogen and oxygen atoms in total. The molecule has 0 radical (unpaired) electrons. The van der Waals surface area contributed by atoms with E-state index in [1.54, 1.807) is 6.08 Å². The van der Waals surface area contributed by atoms with Crippen molar-refractivity contribution in [1.82, 2.24) is 0 Å². The highest BCUT2D eigenvalue weighted by Gasteiger charge is 2.14. The fraction of sp³-hybridized carbons (Fsp3) is 0.727. The molecule has 0 saturated carbocycles. The zero-order valence-electron chi connectivity index (χ0n) is 9.69. The minimum Gasteiger partial charge on any atom is -0.341 e. The first kappa shape index (κ1) is 15.9. The summed E-state index contributed by atoms with van der Waals surface area (Å²) in [5, 5.41) is -0.564.